The van der Waals surface area contributed by atoms with Gasteiger partial charge in [0.15, 0.2) is 0 Å². The van der Waals surface area contributed by atoms with Crippen molar-refractivity contribution in [1.82, 2.24) is 10.6 Å². The second-order valence-corrected chi connectivity index (χ2v) is 6.50. The minimum Gasteiger partial charge on any atom is -0.492 e. The lowest BCUT2D eigenvalue weighted by molar-refractivity contribution is -0.126. The molecule has 1 aliphatic heterocycles. The van der Waals surface area contributed by atoms with E-state index in [0.29, 0.717) is 32.9 Å². The van der Waals surface area contributed by atoms with Crippen molar-refractivity contribution < 1.29 is 14.3 Å². The van der Waals surface area contributed by atoms with Crippen LogP contribution in [0.5, 0.6) is 5.75 Å². The molecule has 2 N–H and O–H groups in total. The average molecular weight is 306 g/mol. The van der Waals surface area contributed by atoms with Crippen molar-refractivity contribution in [3.63, 3.8) is 0 Å². The first-order chi connectivity index (χ1) is 10.5. The Balaban J connectivity index is 1.73. The summed E-state index contributed by atoms with van der Waals surface area (Å²) in [6, 6.07) is 7.84. The molecule has 5 heteroatoms. The lowest BCUT2D eigenvalue weighted by Crippen LogP contribution is -2.51. The van der Waals surface area contributed by atoms with Gasteiger partial charge in [0.25, 0.3) is 0 Å². The lowest BCUT2D eigenvalue weighted by Gasteiger charge is -2.23. The molecule has 1 aromatic carbocycles. The van der Waals surface area contributed by atoms with E-state index in [9.17, 15) is 4.79 Å². The largest absolute Gasteiger partial charge is 0.492 e. The summed E-state index contributed by atoms with van der Waals surface area (Å²) in [5.41, 5.74) is 1.33. The summed E-state index contributed by atoms with van der Waals surface area (Å²) in [6.45, 7) is 9.26. The fourth-order valence-electron chi connectivity index (χ4n) is 2.25. The highest BCUT2D eigenvalue weighted by Crippen LogP contribution is 2.25. The Labute approximate surface area is 132 Å². The summed E-state index contributed by atoms with van der Waals surface area (Å²) in [5, 5.41) is 5.98. The number of nitrogens with one attached hydrogen (secondary N) is 2. The summed E-state index contributed by atoms with van der Waals surface area (Å²) in [5.74, 6) is 0.799. The van der Waals surface area contributed by atoms with E-state index in [2.05, 4.69) is 43.5 Å². The minimum absolute atomic E-state index is 0.0354. The first-order valence-electron chi connectivity index (χ1n) is 7.79. The zero-order valence-corrected chi connectivity index (χ0v) is 13.6. The van der Waals surface area contributed by atoms with Gasteiger partial charge in [-0.25, -0.2) is 0 Å². The Kier molecular flexibility index (Phi) is 5.80. The van der Waals surface area contributed by atoms with E-state index < -0.39 is 0 Å². The zero-order chi connectivity index (χ0) is 16.0. The van der Waals surface area contributed by atoms with E-state index in [-0.39, 0.29) is 17.4 Å². The molecule has 0 saturated carbocycles. The van der Waals surface area contributed by atoms with Gasteiger partial charge in [0.05, 0.1) is 19.8 Å². The number of carbonyl (C=O) groups is 1. The van der Waals surface area contributed by atoms with Crippen molar-refractivity contribution >= 4 is 5.91 Å². The van der Waals surface area contributed by atoms with Crippen molar-refractivity contribution in [3.05, 3.63) is 29.8 Å². The van der Waals surface area contributed by atoms with E-state index >= 15 is 0 Å². The number of benzene rings is 1. The molecule has 22 heavy (non-hydrogen) atoms. The molecule has 1 aliphatic rings. The molecule has 5 nitrogen and oxygen atoms in total. The fourth-order valence-corrected chi connectivity index (χ4v) is 2.25. The van der Waals surface area contributed by atoms with Gasteiger partial charge in [-0.2, -0.15) is 0 Å². The number of hydrogen-bond acceptors (Lipinski definition) is 4. The SMILES string of the molecule is CC(C)(C)c1cccc(OCCNC(=O)C2COCCN2)c1. The summed E-state index contributed by atoms with van der Waals surface area (Å²) >= 11 is 0. The number of hydrogen-bond donors (Lipinski definition) is 2. The van der Waals surface area contributed by atoms with Crippen molar-refractivity contribution in [2.45, 2.75) is 32.2 Å². The van der Waals surface area contributed by atoms with Gasteiger partial charge in [-0.15, -0.1) is 0 Å². The number of carbonyl (C=O) groups excluding carboxylic acids is 1. The molecule has 0 spiro atoms. The van der Waals surface area contributed by atoms with Crippen molar-refractivity contribution in [2.24, 2.45) is 0 Å². The quantitative estimate of drug-likeness (QED) is 0.809. The number of morpholine rings is 1. The zero-order valence-electron chi connectivity index (χ0n) is 13.6. The van der Waals surface area contributed by atoms with Crippen LogP contribution >= 0.6 is 0 Å². The predicted molar refractivity (Wildman–Crippen MR) is 86.3 cm³/mol. The molecular weight excluding hydrogens is 280 g/mol. The van der Waals surface area contributed by atoms with Crippen molar-refractivity contribution in [1.29, 1.82) is 0 Å². The maximum absolute atomic E-state index is 11.9. The number of rotatable bonds is 5. The molecule has 0 bridgehead atoms. The van der Waals surface area contributed by atoms with Crippen molar-refractivity contribution in [2.75, 3.05) is 32.9 Å². The maximum atomic E-state index is 11.9. The van der Waals surface area contributed by atoms with Crippen LogP contribution in [0, 0.1) is 0 Å². The van der Waals surface area contributed by atoms with Crippen molar-refractivity contribution in [3.8, 4) is 5.75 Å². The van der Waals surface area contributed by atoms with Crippen LogP contribution in [-0.4, -0.2) is 44.9 Å². The van der Waals surface area contributed by atoms with E-state index in [0.717, 1.165) is 5.75 Å². The molecule has 1 aromatic rings. The van der Waals surface area contributed by atoms with Gasteiger partial charge in [-0.05, 0) is 23.1 Å². The molecule has 2 rings (SSSR count). The molecule has 1 saturated heterocycles. The average Bonchev–Trinajstić information content (AvgIpc) is 2.52. The van der Waals surface area contributed by atoms with Gasteiger partial charge in [0.1, 0.15) is 18.4 Å². The van der Waals surface area contributed by atoms with Gasteiger partial charge in [0, 0.05) is 6.54 Å². The Hall–Kier alpha value is -1.59. The summed E-state index contributed by atoms with van der Waals surface area (Å²) in [4.78, 5) is 11.9. The second kappa shape index (κ2) is 7.61. The summed E-state index contributed by atoms with van der Waals surface area (Å²) < 4.78 is 11.0. The lowest BCUT2D eigenvalue weighted by atomic mass is 9.87. The van der Waals surface area contributed by atoms with Gasteiger partial charge in [0.2, 0.25) is 5.91 Å². The molecular formula is C17H26N2O3. The van der Waals surface area contributed by atoms with Gasteiger partial charge in [-0.1, -0.05) is 32.9 Å². The Morgan fingerprint density at radius 2 is 2.27 bits per heavy atom. The number of amides is 1. The van der Waals surface area contributed by atoms with Crippen LogP contribution in [0.4, 0.5) is 0 Å². The highest BCUT2D eigenvalue weighted by atomic mass is 16.5. The summed E-state index contributed by atoms with van der Waals surface area (Å²) in [6.07, 6.45) is 0. The standard InChI is InChI=1S/C17H26N2O3/c1-17(2,3)13-5-4-6-14(11-13)22-10-8-19-16(20)15-12-21-9-7-18-15/h4-6,11,15,18H,7-10,12H2,1-3H3,(H,19,20). The maximum Gasteiger partial charge on any atom is 0.239 e. The van der Waals surface area contributed by atoms with Crippen LogP contribution < -0.4 is 15.4 Å². The molecule has 0 aromatic heterocycles. The second-order valence-electron chi connectivity index (χ2n) is 6.50. The normalized spacial score (nSPS) is 18.8. The fraction of sp³-hybridized carbons (Fsp3) is 0.588. The third-order valence-corrected chi connectivity index (χ3v) is 3.61. The van der Waals surface area contributed by atoms with Crippen LogP contribution in [0.2, 0.25) is 0 Å². The monoisotopic (exact) mass is 306 g/mol. The van der Waals surface area contributed by atoms with Crippen LogP contribution in [0.3, 0.4) is 0 Å². The molecule has 1 heterocycles. The van der Waals surface area contributed by atoms with Crippen LogP contribution in [0.1, 0.15) is 26.3 Å². The predicted octanol–water partition coefficient (Wildman–Crippen LogP) is 1.47. The molecule has 1 atom stereocenters. The highest BCUT2D eigenvalue weighted by molar-refractivity contribution is 5.81. The van der Waals surface area contributed by atoms with Crippen LogP contribution in [0.15, 0.2) is 24.3 Å². The summed E-state index contributed by atoms with van der Waals surface area (Å²) in [7, 11) is 0. The minimum atomic E-state index is -0.252. The molecule has 0 radical (unpaired) electrons. The molecule has 0 aliphatic carbocycles. The van der Waals surface area contributed by atoms with Crippen LogP contribution in [0.25, 0.3) is 0 Å². The van der Waals surface area contributed by atoms with Gasteiger partial charge >= 0.3 is 0 Å². The topological polar surface area (TPSA) is 59.6 Å². The van der Waals surface area contributed by atoms with E-state index in [1.807, 2.05) is 12.1 Å². The third kappa shape index (κ3) is 5.00. The Morgan fingerprint density at radius 3 is 2.95 bits per heavy atom. The van der Waals surface area contributed by atoms with E-state index in [1.165, 1.54) is 5.56 Å². The van der Waals surface area contributed by atoms with Gasteiger partial charge in [-0.3, -0.25) is 4.79 Å². The van der Waals surface area contributed by atoms with Gasteiger partial charge < -0.3 is 20.1 Å². The molecule has 1 unspecified atom stereocenters. The van der Waals surface area contributed by atoms with E-state index in [1.54, 1.807) is 0 Å². The van der Waals surface area contributed by atoms with Crippen LogP contribution in [-0.2, 0) is 14.9 Å². The first kappa shape index (κ1) is 16.8. The molecule has 1 amide bonds. The Morgan fingerprint density at radius 1 is 1.45 bits per heavy atom. The smallest absolute Gasteiger partial charge is 0.239 e. The first-order valence-corrected chi connectivity index (χ1v) is 7.79. The molecule has 1 fully saturated rings. The third-order valence-electron chi connectivity index (χ3n) is 3.61. The number of ether oxygens (including phenoxy) is 2. The molecule has 122 valence electrons. The highest BCUT2D eigenvalue weighted by Gasteiger charge is 2.20. The Bertz CT molecular complexity index is 491. The van der Waals surface area contributed by atoms with E-state index in [4.69, 9.17) is 9.47 Å².